The summed E-state index contributed by atoms with van der Waals surface area (Å²) in [4.78, 5) is 4.65. The van der Waals surface area contributed by atoms with E-state index in [9.17, 15) is 0 Å². The minimum absolute atomic E-state index is 0.852. The molecule has 0 fully saturated rings. The molecule has 0 aliphatic rings. The first kappa shape index (κ1) is 21.6. The summed E-state index contributed by atoms with van der Waals surface area (Å²) < 4.78 is 0. The van der Waals surface area contributed by atoms with Crippen molar-refractivity contribution in [3.63, 3.8) is 0 Å². The van der Waals surface area contributed by atoms with Gasteiger partial charge in [0.15, 0.2) is 0 Å². The maximum absolute atomic E-state index is 4.65. The van der Waals surface area contributed by atoms with Crippen LogP contribution in [0.2, 0.25) is 0 Å². The Labute approximate surface area is 191 Å². The van der Waals surface area contributed by atoms with Crippen LogP contribution in [0.1, 0.15) is 33.5 Å². The molecule has 4 rings (SSSR count). The lowest BCUT2D eigenvalue weighted by Crippen LogP contribution is -2.03. The monoisotopic (exact) mass is 421 g/mol. The molecule has 3 heteroatoms. The molecule has 0 amide bonds. The number of anilines is 4. The Kier molecular flexibility index (Phi) is 6.00. The third kappa shape index (κ3) is 4.38. The molecular weight excluding hydrogens is 390 g/mol. The highest BCUT2D eigenvalue weighted by atomic mass is 15.0. The van der Waals surface area contributed by atoms with Gasteiger partial charge in [-0.25, -0.2) is 4.98 Å². The van der Waals surface area contributed by atoms with Crippen molar-refractivity contribution in [1.29, 1.82) is 0 Å². The fourth-order valence-electron chi connectivity index (χ4n) is 4.47. The maximum Gasteiger partial charge on any atom is 0.130 e. The van der Waals surface area contributed by atoms with E-state index >= 15 is 0 Å². The molecule has 0 aliphatic heterocycles. The number of nitrogens with one attached hydrogen (secondary N) is 2. The average molecular weight is 422 g/mol. The highest BCUT2D eigenvalue weighted by molar-refractivity contribution is 5.93. The van der Waals surface area contributed by atoms with Crippen LogP contribution in [-0.2, 0) is 0 Å². The molecule has 162 valence electrons. The second kappa shape index (κ2) is 8.88. The van der Waals surface area contributed by atoms with Gasteiger partial charge in [0.05, 0.1) is 0 Å². The van der Waals surface area contributed by atoms with Gasteiger partial charge >= 0.3 is 0 Å². The average Bonchev–Trinajstić information content (AvgIpc) is 2.72. The summed E-state index contributed by atoms with van der Waals surface area (Å²) in [7, 11) is 0. The molecule has 2 N–H and O–H groups in total. The molecule has 0 bridgehead atoms. The quantitative estimate of drug-likeness (QED) is 0.342. The van der Waals surface area contributed by atoms with Crippen LogP contribution in [0.25, 0.3) is 11.1 Å². The largest absolute Gasteiger partial charge is 0.355 e. The number of aromatic nitrogens is 1. The van der Waals surface area contributed by atoms with E-state index in [2.05, 4.69) is 98.8 Å². The molecule has 0 spiro atoms. The summed E-state index contributed by atoms with van der Waals surface area (Å²) in [6.07, 6.45) is 0. The zero-order valence-corrected chi connectivity index (χ0v) is 19.8. The first-order valence-corrected chi connectivity index (χ1v) is 11.1. The van der Waals surface area contributed by atoms with Gasteiger partial charge in [0.1, 0.15) is 5.82 Å². The highest BCUT2D eigenvalue weighted by Gasteiger charge is 2.17. The van der Waals surface area contributed by atoms with Crippen LogP contribution in [0.5, 0.6) is 0 Å². The third-order valence-electron chi connectivity index (χ3n) is 5.88. The molecule has 3 aromatic carbocycles. The summed E-state index contributed by atoms with van der Waals surface area (Å²) in [5, 5.41) is 7.32. The molecule has 0 unspecified atom stereocenters. The van der Waals surface area contributed by atoms with E-state index < -0.39 is 0 Å². The lowest BCUT2D eigenvalue weighted by molar-refractivity contribution is 1.20. The summed E-state index contributed by atoms with van der Waals surface area (Å²) in [6.45, 7) is 12.8. The van der Waals surface area contributed by atoms with Crippen molar-refractivity contribution in [3.05, 3.63) is 100 Å². The number of pyridine rings is 1. The van der Waals surface area contributed by atoms with Gasteiger partial charge in [-0.15, -0.1) is 0 Å². The van der Waals surface area contributed by atoms with E-state index in [1.807, 2.05) is 25.1 Å². The van der Waals surface area contributed by atoms with E-state index in [-0.39, 0.29) is 0 Å². The zero-order valence-electron chi connectivity index (χ0n) is 19.8. The Morgan fingerprint density at radius 2 is 1.09 bits per heavy atom. The number of aryl methyl sites for hydroxylation is 6. The van der Waals surface area contributed by atoms with Crippen LogP contribution in [0.15, 0.2) is 66.7 Å². The van der Waals surface area contributed by atoms with Crippen LogP contribution in [-0.4, -0.2) is 4.98 Å². The van der Waals surface area contributed by atoms with Gasteiger partial charge in [-0.3, -0.25) is 0 Å². The Hall–Kier alpha value is -3.59. The van der Waals surface area contributed by atoms with E-state index in [0.29, 0.717) is 0 Å². The van der Waals surface area contributed by atoms with Crippen molar-refractivity contribution >= 4 is 22.9 Å². The zero-order chi connectivity index (χ0) is 22.8. The fourth-order valence-corrected chi connectivity index (χ4v) is 4.47. The van der Waals surface area contributed by atoms with Crippen molar-refractivity contribution in [2.45, 2.75) is 41.5 Å². The number of rotatable bonds is 5. The van der Waals surface area contributed by atoms with Gasteiger partial charge in [-0.2, -0.15) is 0 Å². The molecule has 0 atom stereocenters. The minimum Gasteiger partial charge on any atom is -0.355 e. The summed E-state index contributed by atoms with van der Waals surface area (Å²) in [5.74, 6) is 0.852. The highest BCUT2D eigenvalue weighted by Crippen LogP contribution is 2.41. The molecule has 32 heavy (non-hydrogen) atoms. The van der Waals surface area contributed by atoms with Crippen LogP contribution in [0.4, 0.5) is 22.9 Å². The van der Waals surface area contributed by atoms with E-state index in [1.165, 1.54) is 44.6 Å². The van der Waals surface area contributed by atoms with E-state index in [1.54, 1.807) is 0 Å². The van der Waals surface area contributed by atoms with E-state index in [0.717, 1.165) is 22.9 Å². The molecule has 3 nitrogen and oxygen atoms in total. The van der Waals surface area contributed by atoms with Crippen LogP contribution in [0, 0.1) is 41.5 Å². The number of benzene rings is 3. The molecule has 4 aromatic rings. The smallest absolute Gasteiger partial charge is 0.130 e. The van der Waals surface area contributed by atoms with Crippen molar-refractivity contribution in [2.24, 2.45) is 0 Å². The van der Waals surface area contributed by atoms with Crippen molar-refractivity contribution in [1.82, 2.24) is 4.98 Å². The van der Waals surface area contributed by atoms with E-state index in [4.69, 9.17) is 0 Å². The summed E-state index contributed by atoms with van der Waals surface area (Å²) in [6, 6.07) is 23.4. The molecular formula is C29H31N3. The molecule has 0 saturated carbocycles. The Morgan fingerprint density at radius 3 is 1.66 bits per heavy atom. The van der Waals surface area contributed by atoms with Gasteiger partial charge in [0.25, 0.3) is 0 Å². The minimum atomic E-state index is 0.852. The second-order valence-corrected chi connectivity index (χ2v) is 8.68. The second-order valence-electron chi connectivity index (χ2n) is 8.68. The van der Waals surface area contributed by atoms with Crippen LogP contribution in [0.3, 0.4) is 0 Å². The number of hydrogen-bond acceptors (Lipinski definition) is 3. The lowest BCUT2D eigenvalue weighted by atomic mass is 9.92. The first-order chi connectivity index (χ1) is 15.3. The molecule has 0 radical (unpaired) electrons. The van der Waals surface area contributed by atoms with Gasteiger partial charge in [-0.1, -0.05) is 48.0 Å². The van der Waals surface area contributed by atoms with Crippen molar-refractivity contribution < 1.29 is 0 Å². The summed E-state index contributed by atoms with van der Waals surface area (Å²) in [5.41, 5.74) is 13.0. The predicted molar refractivity (Wildman–Crippen MR) is 138 cm³/mol. The molecule has 0 saturated heterocycles. The predicted octanol–water partition coefficient (Wildman–Crippen LogP) is 8.09. The van der Waals surface area contributed by atoms with Gasteiger partial charge in [-0.05, 0) is 88.1 Å². The van der Waals surface area contributed by atoms with Gasteiger partial charge < -0.3 is 10.6 Å². The molecule has 0 aliphatic carbocycles. The topological polar surface area (TPSA) is 37.0 Å². The van der Waals surface area contributed by atoms with Crippen LogP contribution < -0.4 is 10.6 Å². The Balaban J connectivity index is 1.85. The van der Waals surface area contributed by atoms with Gasteiger partial charge in [0.2, 0.25) is 0 Å². The number of hydrogen-bond donors (Lipinski definition) is 2. The van der Waals surface area contributed by atoms with Crippen molar-refractivity contribution in [3.8, 4) is 11.1 Å². The fraction of sp³-hybridized carbons (Fsp3) is 0.207. The van der Waals surface area contributed by atoms with Crippen molar-refractivity contribution in [2.75, 3.05) is 10.6 Å². The number of nitrogens with zero attached hydrogens (tertiary/aromatic N) is 1. The normalized spacial score (nSPS) is 10.8. The Morgan fingerprint density at radius 1 is 0.562 bits per heavy atom. The van der Waals surface area contributed by atoms with Crippen LogP contribution >= 0.6 is 0 Å². The summed E-state index contributed by atoms with van der Waals surface area (Å²) >= 11 is 0. The molecule has 1 aromatic heterocycles. The maximum atomic E-state index is 4.65. The lowest BCUT2D eigenvalue weighted by Gasteiger charge is -2.22. The first-order valence-electron chi connectivity index (χ1n) is 11.1. The SMILES string of the molecule is Cc1cc(C)c(Nc2cccc(C)c2-c2c(C)cccc2Nc2cccc(C)n2)c(C)c1. The third-order valence-corrected chi connectivity index (χ3v) is 5.88. The Bertz CT molecular complexity index is 1260. The van der Waals surface area contributed by atoms with Gasteiger partial charge in [0, 0.05) is 33.9 Å². The molecule has 1 heterocycles. The standard InChI is InChI=1S/C29H31N3/c1-18-16-21(4)29(22(5)17-18)32-25-14-8-11-20(3)28(25)27-19(2)10-7-13-24(27)31-26-15-9-12-23(6)30-26/h7-17,32H,1-6H3,(H,30,31).